The van der Waals surface area contributed by atoms with Crippen molar-refractivity contribution in [3.63, 3.8) is 0 Å². The molecule has 0 radical (unpaired) electrons. The molecule has 0 bridgehead atoms. The summed E-state index contributed by atoms with van der Waals surface area (Å²) in [6, 6.07) is 8.80. The summed E-state index contributed by atoms with van der Waals surface area (Å²) >= 11 is 1.49. The molecule has 2 atom stereocenters. The van der Waals surface area contributed by atoms with Crippen LogP contribution in [0.3, 0.4) is 0 Å². The lowest BCUT2D eigenvalue weighted by Crippen LogP contribution is -2.42. The lowest BCUT2D eigenvalue weighted by molar-refractivity contribution is -0.132. The Balaban J connectivity index is 1.02. The van der Waals surface area contributed by atoms with Gasteiger partial charge in [0.15, 0.2) is 0 Å². The summed E-state index contributed by atoms with van der Waals surface area (Å²) in [7, 11) is 0. The van der Waals surface area contributed by atoms with Gasteiger partial charge < -0.3 is 19.4 Å². The Kier molecular flexibility index (Phi) is 9.20. The second-order valence-corrected chi connectivity index (χ2v) is 12.5. The van der Waals surface area contributed by atoms with E-state index in [-0.39, 0.29) is 29.6 Å². The molecule has 2 unspecified atom stereocenters. The molecule has 2 fully saturated rings. The molecule has 1 saturated carbocycles. The highest BCUT2D eigenvalue weighted by molar-refractivity contribution is 7.14. The van der Waals surface area contributed by atoms with E-state index in [1.165, 1.54) is 28.3 Å². The van der Waals surface area contributed by atoms with Gasteiger partial charge in [-0.3, -0.25) is 9.59 Å². The molecular formula is C31H40FN3O4S. The van der Waals surface area contributed by atoms with Gasteiger partial charge >= 0.3 is 5.97 Å². The standard InChI is InChI=1S/C31H40FN3O4S/c1-3-39-31(38)29-17-24-20-34(16-12-28(24)40-29)30(37)5-4-13-33-14-10-22(11-15-33)19-35(21(2)36)27-18-26(27)23-6-8-25(32)9-7-23/h6-9,17,22,26-27H,3-5,10-16,18-20H2,1-2H3. The number of carbonyl (C=O) groups is 3. The van der Waals surface area contributed by atoms with Crippen molar-refractivity contribution in [2.24, 2.45) is 5.92 Å². The Morgan fingerprint density at radius 2 is 1.88 bits per heavy atom. The molecule has 2 aromatic rings. The zero-order chi connectivity index (χ0) is 28.2. The number of fused-ring (bicyclic) bond motifs is 1. The number of halogens is 1. The second kappa shape index (κ2) is 12.8. The number of rotatable bonds is 10. The van der Waals surface area contributed by atoms with Gasteiger partial charge in [-0.2, -0.15) is 0 Å². The normalized spacial score (nSPS) is 21.1. The molecule has 0 N–H and O–H groups in total. The number of nitrogens with zero attached hydrogens (tertiary/aromatic N) is 3. The summed E-state index contributed by atoms with van der Waals surface area (Å²) in [5, 5.41) is 0. The number of hydrogen-bond donors (Lipinski definition) is 0. The first-order chi connectivity index (χ1) is 19.3. The minimum atomic E-state index is -0.278. The van der Waals surface area contributed by atoms with Crippen LogP contribution < -0.4 is 0 Å². The number of ether oxygens (including phenoxy) is 1. The number of carbonyl (C=O) groups excluding carboxylic acids is 3. The predicted octanol–water partition coefficient (Wildman–Crippen LogP) is 4.85. The fourth-order valence-electron chi connectivity index (χ4n) is 6.22. The van der Waals surface area contributed by atoms with Gasteiger partial charge in [0.05, 0.1) is 6.61 Å². The second-order valence-electron chi connectivity index (χ2n) is 11.4. The highest BCUT2D eigenvalue weighted by Gasteiger charge is 2.44. The van der Waals surface area contributed by atoms with Crippen molar-refractivity contribution in [2.75, 3.05) is 39.3 Å². The van der Waals surface area contributed by atoms with Crippen LogP contribution in [0, 0.1) is 11.7 Å². The van der Waals surface area contributed by atoms with Gasteiger partial charge in [0.2, 0.25) is 11.8 Å². The number of likely N-dealkylation sites (tertiary alicyclic amines) is 1. The van der Waals surface area contributed by atoms with E-state index >= 15 is 0 Å². The number of esters is 1. The molecule has 2 amide bonds. The maximum Gasteiger partial charge on any atom is 0.348 e. The van der Waals surface area contributed by atoms with Crippen LogP contribution in [-0.2, 0) is 27.3 Å². The van der Waals surface area contributed by atoms with Crippen LogP contribution in [-0.4, -0.2) is 77.9 Å². The number of hydrogen-bond acceptors (Lipinski definition) is 6. The topological polar surface area (TPSA) is 70.2 Å². The van der Waals surface area contributed by atoms with Crippen molar-refractivity contribution >= 4 is 29.1 Å². The maximum absolute atomic E-state index is 13.3. The lowest BCUT2D eigenvalue weighted by Gasteiger charge is -2.35. The largest absolute Gasteiger partial charge is 0.462 e. The zero-order valence-electron chi connectivity index (χ0n) is 23.6. The van der Waals surface area contributed by atoms with E-state index in [2.05, 4.69) is 4.90 Å². The summed E-state index contributed by atoms with van der Waals surface area (Å²) in [5.74, 6) is 0.604. The summed E-state index contributed by atoms with van der Waals surface area (Å²) < 4.78 is 18.4. The molecule has 1 aliphatic carbocycles. The first-order valence-electron chi connectivity index (χ1n) is 14.6. The van der Waals surface area contributed by atoms with E-state index < -0.39 is 0 Å². The molecule has 9 heteroatoms. The minimum Gasteiger partial charge on any atom is -0.462 e. The molecule has 1 aromatic carbocycles. The fraction of sp³-hybridized carbons (Fsp3) is 0.581. The van der Waals surface area contributed by atoms with Gasteiger partial charge in [0.1, 0.15) is 10.7 Å². The van der Waals surface area contributed by atoms with Crippen LogP contribution in [0.5, 0.6) is 0 Å². The number of thiophene rings is 1. The van der Waals surface area contributed by atoms with Crippen molar-refractivity contribution in [2.45, 2.75) is 70.9 Å². The summed E-state index contributed by atoms with van der Waals surface area (Å²) in [6.45, 7) is 8.80. The van der Waals surface area contributed by atoms with E-state index in [0.29, 0.717) is 42.8 Å². The maximum atomic E-state index is 13.3. The summed E-state index contributed by atoms with van der Waals surface area (Å²) in [4.78, 5) is 45.6. The highest BCUT2D eigenvalue weighted by Crippen LogP contribution is 2.45. The third kappa shape index (κ3) is 6.92. The fourth-order valence-corrected chi connectivity index (χ4v) is 7.28. The minimum absolute atomic E-state index is 0.125. The van der Waals surface area contributed by atoms with Gasteiger partial charge in [-0.15, -0.1) is 11.3 Å². The molecular weight excluding hydrogens is 529 g/mol. The van der Waals surface area contributed by atoms with Crippen LogP contribution in [0.2, 0.25) is 0 Å². The van der Waals surface area contributed by atoms with Gasteiger partial charge in [-0.25, -0.2) is 9.18 Å². The molecule has 3 heterocycles. The van der Waals surface area contributed by atoms with E-state index in [1.807, 2.05) is 28.0 Å². The first-order valence-corrected chi connectivity index (χ1v) is 15.5. The quantitative estimate of drug-likeness (QED) is 0.383. The summed E-state index contributed by atoms with van der Waals surface area (Å²) in [6.07, 6.45) is 5.24. The van der Waals surface area contributed by atoms with E-state index in [0.717, 1.165) is 69.4 Å². The van der Waals surface area contributed by atoms with Crippen molar-refractivity contribution < 1.29 is 23.5 Å². The van der Waals surface area contributed by atoms with Gasteiger partial charge in [0.25, 0.3) is 0 Å². The summed E-state index contributed by atoms with van der Waals surface area (Å²) in [5.41, 5.74) is 2.19. The third-order valence-electron chi connectivity index (χ3n) is 8.58. The van der Waals surface area contributed by atoms with Crippen LogP contribution in [0.4, 0.5) is 4.39 Å². The Hall–Kier alpha value is -2.78. The SMILES string of the molecule is CCOC(=O)c1cc2c(s1)CCN(C(=O)CCCN1CCC(CN(C(C)=O)C3CC3c3ccc(F)cc3)CC1)C2. The van der Waals surface area contributed by atoms with E-state index in [9.17, 15) is 18.8 Å². The Morgan fingerprint density at radius 3 is 2.58 bits per heavy atom. The number of piperidine rings is 1. The van der Waals surface area contributed by atoms with Crippen LogP contribution in [0.1, 0.15) is 77.5 Å². The highest BCUT2D eigenvalue weighted by atomic mass is 32.1. The molecule has 216 valence electrons. The predicted molar refractivity (Wildman–Crippen MR) is 153 cm³/mol. The monoisotopic (exact) mass is 569 g/mol. The van der Waals surface area contributed by atoms with Gasteiger partial charge in [-0.05, 0) is 93.9 Å². The van der Waals surface area contributed by atoms with Crippen molar-refractivity contribution in [1.29, 1.82) is 0 Å². The molecule has 1 saturated heterocycles. The van der Waals surface area contributed by atoms with Crippen molar-refractivity contribution in [3.05, 3.63) is 57.0 Å². The van der Waals surface area contributed by atoms with Crippen LogP contribution in [0.25, 0.3) is 0 Å². The molecule has 2 aliphatic heterocycles. The average Bonchev–Trinajstić information content (AvgIpc) is 3.61. The molecule has 7 nitrogen and oxygen atoms in total. The average molecular weight is 570 g/mol. The Morgan fingerprint density at radius 1 is 1.12 bits per heavy atom. The van der Waals surface area contributed by atoms with E-state index in [1.54, 1.807) is 13.8 Å². The Labute approximate surface area is 240 Å². The number of benzene rings is 1. The molecule has 5 rings (SSSR count). The molecule has 1 aromatic heterocycles. The molecule has 3 aliphatic rings. The zero-order valence-corrected chi connectivity index (χ0v) is 24.4. The number of amides is 2. The van der Waals surface area contributed by atoms with Crippen LogP contribution in [0.15, 0.2) is 30.3 Å². The first kappa shape index (κ1) is 28.7. The van der Waals surface area contributed by atoms with Gasteiger partial charge in [0, 0.05) is 49.8 Å². The van der Waals surface area contributed by atoms with Crippen molar-refractivity contribution in [3.8, 4) is 0 Å². The van der Waals surface area contributed by atoms with E-state index in [4.69, 9.17) is 4.74 Å². The van der Waals surface area contributed by atoms with Gasteiger partial charge in [-0.1, -0.05) is 12.1 Å². The van der Waals surface area contributed by atoms with Crippen molar-refractivity contribution in [1.82, 2.24) is 14.7 Å². The molecule has 0 spiro atoms. The molecule has 40 heavy (non-hydrogen) atoms. The third-order valence-corrected chi connectivity index (χ3v) is 9.80. The smallest absolute Gasteiger partial charge is 0.348 e. The van der Waals surface area contributed by atoms with Crippen LogP contribution >= 0.6 is 11.3 Å². The Bertz CT molecular complexity index is 1210. The lowest BCUT2D eigenvalue weighted by atomic mass is 9.95.